The molecule has 0 aliphatic carbocycles. The van der Waals surface area contributed by atoms with Crippen LogP contribution >= 0.6 is 0 Å². The Morgan fingerprint density at radius 3 is 2.16 bits per heavy atom. The minimum atomic E-state index is -3.84. The van der Waals surface area contributed by atoms with Gasteiger partial charge in [0.25, 0.3) is 10.1 Å². The van der Waals surface area contributed by atoms with Crippen molar-refractivity contribution in [1.82, 2.24) is 0 Å². The molecule has 0 aromatic rings. The molecule has 0 unspecified atom stereocenters. The SMILES string of the molecule is O=C(O)CCCCCCC/C=C\C[C@H](O)CCCCCCS(=O)(=O)O. The van der Waals surface area contributed by atoms with Crippen molar-refractivity contribution in [2.45, 2.75) is 89.6 Å². The molecule has 0 spiro atoms. The fraction of sp³-hybridized carbons (Fsp3) is 0.833. The van der Waals surface area contributed by atoms with Gasteiger partial charge in [-0.15, -0.1) is 0 Å². The van der Waals surface area contributed by atoms with Gasteiger partial charge in [0.1, 0.15) is 0 Å². The zero-order chi connectivity index (χ0) is 19.0. The summed E-state index contributed by atoms with van der Waals surface area (Å²) in [6.07, 6.45) is 14.3. The summed E-state index contributed by atoms with van der Waals surface area (Å²) in [6, 6.07) is 0. The first kappa shape index (κ1) is 24.1. The Hall–Kier alpha value is -0.920. The van der Waals surface area contributed by atoms with E-state index in [1.165, 1.54) is 0 Å². The summed E-state index contributed by atoms with van der Waals surface area (Å²) in [7, 11) is -3.84. The highest BCUT2D eigenvalue weighted by molar-refractivity contribution is 7.85. The van der Waals surface area contributed by atoms with Crippen LogP contribution < -0.4 is 0 Å². The number of rotatable bonds is 17. The van der Waals surface area contributed by atoms with Crippen LogP contribution in [0.2, 0.25) is 0 Å². The number of carboxylic acid groups (broad SMARTS) is 1. The fourth-order valence-electron chi connectivity index (χ4n) is 2.58. The van der Waals surface area contributed by atoms with Gasteiger partial charge in [-0.1, -0.05) is 50.7 Å². The predicted molar refractivity (Wildman–Crippen MR) is 99.2 cm³/mol. The summed E-state index contributed by atoms with van der Waals surface area (Å²) in [6.45, 7) is 0. The first-order valence-electron chi connectivity index (χ1n) is 9.31. The second-order valence-electron chi connectivity index (χ2n) is 6.55. The van der Waals surface area contributed by atoms with Crippen LogP contribution in [-0.2, 0) is 14.9 Å². The van der Waals surface area contributed by atoms with Gasteiger partial charge in [0.15, 0.2) is 0 Å². The molecule has 25 heavy (non-hydrogen) atoms. The van der Waals surface area contributed by atoms with Crippen molar-refractivity contribution < 1.29 is 28.0 Å². The van der Waals surface area contributed by atoms with Crippen LogP contribution in [0.5, 0.6) is 0 Å². The Morgan fingerprint density at radius 1 is 0.880 bits per heavy atom. The van der Waals surface area contributed by atoms with Crippen molar-refractivity contribution >= 4 is 16.1 Å². The summed E-state index contributed by atoms with van der Waals surface area (Å²) >= 11 is 0. The molecule has 0 aromatic heterocycles. The Kier molecular flexibility index (Phi) is 14.8. The van der Waals surface area contributed by atoms with Crippen LogP contribution in [-0.4, -0.2) is 41.0 Å². The average molecular weight is 379 g/mol. The number of aliphatic carboxylic acids is 1. The normalized spacial score (nSPS) is 13.4. The summed E-state index contributed by atoms with van der Waals surface area (Å²) in [5.41, 5.74) is 0. The number of hydrogen-bond donors (Lipinski definition) is 3. The van der Waals surface area contributed by atoms with Crippen molar-refractivity contribution in [3.8, 4) is 0 Å². The van der Waals surface area contributed by atoms with Crippen molar-refractivity contribution in [3.05, 3.63) is 12.2 Å². The molecule has 6 nitrogen and oxygen atoms in total. The number of unbranched alkanes of at least 4 members (excludes halogenated alkanes) is 8. The zero-order valence-electron chi connectivity index (χ0n) is 15.1. The Bertz CT molecular complexity index is 458. The van der Waals surface area contributed by atoms with Crippen LogP contribution in [0.1, 0.15) is 83.5 Å². The van der Waals surface area contributed by atoms with Crippen LogP contribution in [0, 0.1) is 0 Å². The summed E-state index contributed by atoms with van der Waals surface area (Å²) in [5.74, 6) is -0.905. The van der Waals surface area contributed by atoms with E-state index < -0.39 is 16.1 Å². The summed E-state index contributed by atoms with van der Waals surface area (Å²) in [4.78, 5) is 10.3. The molecular formula is C18H34O6S. The minimum absolute atomic E-state index is 0.183. The largest absolute Gasteiger partial charge is 0.481 e. The van der Waals surface area contributed by atoms with Gasteiger partial charge >= 0.3 is 5.97 Å². The zero-order valence-corrected chi connectivity index (χ0v) is 15.9. The maximum absolute atomic E-state index is 10.5. The minimum Gasteiger partial charge on any atom is -0.481 e. The van der Waals surface area contributed by atoms with E-state index in [9.17, 15) is 18.3 Å². The highest BCUT2D eigenvalue weighted by atomic mass is 32.2. The van der Waals surface area contributed by atoms with Crippen molar-refractivity contribution in [1.29, 1.82) is 0 Å². The fourth-order valence-corrected chi connectivity index (χ4v) is 3.14. The van der Waals surface area contributed by atoms with Crippen molar-refractivity contribution in [2.24, 2.45) is 0 Å². The first-order chi connectivity index (χ1) is 11.8. The van der Waals surface area contributed by atoms with Gasteiger partial charge < -0.3 is 10.2 Å². The smallest absolute Gasteiger partial charge is 0.303 e. The summed E-state index contributed by atoms with van der Waals surface area (Å²) in [5, 5.41) is 18.4. The molecule has 0 amide bonds. The molecule has 0 radical (unpaired) electrons. The third-order valence-electron chi connectivity index (χ3n) is 4.03. The Balaban J connectivity index is 3.37. The van der Waals surface area contributed by atoms with E-state index in [0.29, 0.717) is 19.3 Å². The summed E-state index contributed by atoms with van der Waals surface area (Å²) < 4.78 is 29.7. The number of aliphatic hydroxyl groups excluding tert-OH is 1. The van der Waals surface area contributed by atoms with Gasteiger partial charge in [-0.2, -0.15) is 8.42 Å². The van der Waals surface area contributed by atoms with Gasteiger partial charge in [-0.05, 0) is 38.5 Å². The van der Waals surface area contributed by atoms with Gasteiger partial charge in [0, 0.05) is 6.42 Å². The maximum atomic E-state index is 10.5. The van der Waals surface area contributed by atoms with Crippen molar-refractivity contribution in [2.75, 3.05) is 5.75 Å². The molecule has 0 fully saturated rings. The van der Waals surface area contributed by atoms with Gasteiger partial charge in [0.05, 0.1) is 11.9 Å². The number of carbonyl (C=O) groups is 1. The third-order valence-corrected chi connectivity index (χ3v) is 4.83. The predicted octanol–water partition coefficient (Wildman–Crippen LogP) is 3.95. The lowest BCUT2D eigenvalue weighted by atomic mass is 10.1. The molecule has 0 aliphatic rings. The molecule has 0 saturated heterocycles. The molecule has 0 aromatic carbocycles. The van der Waals surface area contributed by atoms with Gasteiger partial charge in [-0.3, -0.25) is 9.35 Å². The number of carboxylic acids is 1. The van der Waals surface area contributed by atoms with E-state index in [4.69, 9.17) is 9.66 Å². The molecule has 3 N–H and O–H groups in total. The lowest BCUT2D eigenvalue weighted by Crippen LogP contribution is -2.05. The number of hydrogen-bond acceptors (Lipinski definition) is 4. The second kappa shape index (κ2) is 15.3. The third kappa shape index (κ3) is 21.0. The molecule has 7 heteroatoms. The van der Waals surface area contributed by atoms with E-state index in [1.54, 1.807) is 0 Å². The molecule has 0 rings (SSSR count). The highest BCUT2D eigenvalue weighted by Gasteiger charge is 2.04. The molecule has 0 heterocycles. The van der Waals surface area contributed by atoms with Crippen LogP contribution in [0.25, 0.3) is 0 Å². The van der Waals surface area contributed by atoms with Gasteiger partial charge in [0.2, 0.25) is 0 Å². The molecule has 0 saturated carbocycles. The standard InChI is InChI=1S/C18H34O6S/c19-17(14-10-7-8-12-16-25(22,23)24)13-9-5-3-1-2-4-6-11-15-18(20)21/h5,9,17,19H,1-4,6-8,10-16H2,(H,20,21)(H,22,23,24)/b9-5-/t17-/m0/s1. The molecule has 148 valence electrons. The van der Waals surface area contributed by atoms with E-state index in [-0.39, 0.29) is 18.3 Å². The Morgan fingerprint density at radius 2 is 1.48 bits per heavy atom. The van der Waals surface area contributed by atoms with Crippen LogP contribution in [0.4, 0.5) is 0 Å². The maximum Gasteiger partial charge on any atom is 0.303 e. The monoisotopic (exact) mass is 378 g/mol. The average Bonchev–Trinajstić information content (AvgIpc) is 2.51. The molecular weight excluding hydrogens is 344 g/mol. The van der Waals surface area contributed by atoms with Crippen LogP contribution in [0.15, 0.2) is 12.2 Å². The highest BCUT2D eigenvalue weighted by Crippen LogP contribution is 2.11. The topological polar surface area (TPSA) is 112 Å². The van der Waals surface area contributed by atoms with E-state index >= 15 is 0 Å². The number of aliphatic hydroxyl groups is 1. The molecule has 0 aliphatic heterocycles. The Labute approximate surface area is 152 Å². The van der Waals surface area contributed by atoms with Crippen LogP contribution in [0.3, 0.4) is 0 Å². The quantitative estimate of drug-likeness (QED) is 0.201. The van der Waals surface area contributed by atoms with Crippen molar-refractivity contribution in [3.63, 3.8) is 0 Å². The van der Waals surface area contributed by atoms with E-state index in [2.05, 4.69) is 6.08 Å². The lowest BCUT2D eigenvalue weighted by molar-refractivity contribution is -0.137. The second-order valence-corrected chi connectivity index (χ2v) is 8.12. The van der Waals surface area contributed by atoms with E-state index in [1.807, 2.05) is 6.08 Å². The molecule has 0 bridgehead atoms. The lowest BCUT2D eigenvalue weighted by Gasteiger charge is -2.07. The number of allylic oxidation sites excluding steroid dienone is 1. The van der Waals surface area contributed by atoms with E-state index in [0.717, 1.165) is 57.8 Å². The first-order valence-corrected chi connectivity index (χ1v) is 10.9. The van der Waals surface area contributed by atoms with Gasteiger partial charge in [-0.25, -0.2) is 0 Å². The molecule has 1 atom stereocenters.